The molecule has 0 radical (unpaired) electrons. The number of aryl methyl sites for hydroxylation is 1. The zero-order valence-corrected chi connectivity index (χ0v) is 21.3. The summed E-state index contributed by atoms with van der Waals surface area (Å²) in [6.45, 7) is 4.99. The standard InChI is InChI=1S/C29H36N4O3/c1-3-20-8-6-9-21-10-7-11-22(26(20)21)18-32-16-14-23(15-17-32)33-25-13-5-4-12-24(25)29(30,27(33)34)19-31-28(35)36-2/h6-13,23H,3-5,14-19,30H2,1-2H3,(H,31,35). The second-order valence-electron chi connectivity index (χ2n) is 10.1. The Morgan fingerprint density at radius 1 is 1.11 bits per heavy atom. The van der Waals surface area contributed by atoms with Crippen LogP contribution in [0.1, 0.15) is 43.7 Å². The van der Waals surface area contributed by atoms with Crippen LogP contribution in [0.25, 0.3) is 10.8 Å². The van der Waals surface area contributed by atoms with Crippen LogP contribution in [0.15, 0.2) is 59.8 Å². The van der Waals surface area contributed by atoms with E-state index < -0.39 is 11.6 Å². The average Bonchev–Trinajstić information content (AvgIpc) is 3.14. The topological polar surface area (TPSA) is 87.9 Å². The normalized spacial score (nSPS) is 22.9. The van der Waals surface area contributed by atoms with Crippen LogP contribution in [0, 0.1) is 0 Å². The van der Waals surface area contributed by atoms with Crippen LogP contribution >= 0.6 is 0 Å². The highest BCUT2D eigenvalue weighted by atomic mass is 16.5. The largest absolute Gasteiger partial charge is 0.453 e. The number of amides is 2. The number of ether oxygens (including phenoxy) is 1. The smallest absolute Gasteiger partial charge is 0.406 e. The molecule has 2 fully saturated rings. The third-order valence-electron chi connectivity index (χ3n) is 7.94. The fraction of sp³-hybridized carbons (Fsp3) is 0.448. The van der Waals surface area contributed by atoms with Gasteiger partial charge in [0.25, 0.3) is 5.91 Å². The summed E-state index contributed by atoms with van der Waals surface area (Å²) in [4.78, 5) is 29.8. The summed E-state index contributed by atoms with van der Waals surface area (Å²) in [6.07, 6.45) is 8.15. The molecular formula is C29H36N4O3. The van der Waals surface area contributed by atoms with Gasteiger partial charge < -0.3 is 20.7 Å². The minimum atomic E-state index is -1.25. The van der Waals surface area contributed by atoms with Gasteiger partial charge in [0.15, 0.2) is 0 Å². The highest BCUT2D eigenvalue weighted by molar-refractivity contribution is 5.98. The summed E-state index contributed by atoms with van der Waals surface area (Å²) in [5, 5.41) is 5.33. The van der Waals surface area contributed by atoms with Gasteiger partial charge in [-0.2, -0.15) is 0 Å². The van der Waals surface area contributed by atoms with Crippen LogP contribution in [-0.2, 0) is 22.5 Å². The summed E-state index contributed by atoms with van der Waals surface area (Å²) < 4.78 is 4.70. The first-order valence-corrected chi connectivity index (χ1v) is 13.0. The van der Waals surface area contributed by atoms with E-state index >= 15 is 0 Å². The third-order valence-corrected chi connectivity index (χ3v) is 7.94. The van der Waals surface area contributed by atoms with E-state index in [-0.39, 0.29) is 18.5 Å². The number of piperidine rings is 1. The lowest BCUT2D eigenvalue weighted by atomic mass is 9.88. The molecule has 1 atom stereocenters. The molecule has 0 bridgehead atoms. The molecule has 2 aromatic rings. The summed E-state index contributed by atoms with van der Waals surface area (Å²) in [5.74, 6) is -0.126. The number of likely N-dealkylation sites (tertiary alicyclic amines) is 2. The van der Waals surface area contributed by atoms with Crippen molar-refractivity contribution in [2.75, 3.05) is 26.7 Å². The van der Waals surface area contributed by atoms with E-state index in [1.165, 1.54) is 29.0 Å². The van der Waals surface area contributed by atoms with Gasteiger partial charge in [0.1, 0.15) is 5.54 Å². The monoisotopic (exact) mass is 488 g/mol. The molecule has 2 aromatic carbocycles. The molecule has 3 aliphatic rings. The number of carbonyl (C=O) groups is 2. The number of carbonyl (C=O) groups excluding carboxylic acids is 2. The predicted octanol–water partition coefficient (Wildman–Crippen LogP) is 3.87. The molecule has 190 valence electrons. The Balaban J connectivity index is 1.31. The molecule has 2 saturated heterocycles. The van der Waals surface area contributed by atoms with E-state index in [2.05, 4.69) is 65.7 Å². The fourth-order valence-corrected chi connectivity index (χ4v) is 6.06. The molecule has 7 heteroatoms. The number of benzene rings is 2. The van der Waals surface area contributed by atoms with E-state index in [1.54, 1.807) is 0 Å². The highest BCUT2D eigenvalue weighted by Gasteiger charge is 2.53. The van der Waals surface area contributed by atoms with Crippen LogP contribution < -0.4 is 11.1 Å². The molecule has 5 rings (SSSR count). The minimum Gasteiger partial charge on any atom is -0.453 e. The van der Waals surface area contributed by atoms with Crippen LogP contribution in [0.5, 0.6) is 0 Å². The van der Waals surface area contributed by atoms with Crippen LogP contribution in [-0.4, -0.2) is 60.1 Å². The van der Waals surface area contributed by atoms with Crippen molar-refractivity contribution >= 4 is 22.8 Å². The Morgan fingerprint density at radius 3 is 2.50 bits per heavy atom. The number of methoxy groups -OCH3 is 1. The van der Waals surface area contributed by atoms with Crippen LogP contribution in [0.2, 0.25) is 0 Å². The Labute approximate surface area is 212 Å². The number of nitrogens with one attached hydrogen (secondary N) is 1. The van der Waals surface area contributed by atoms with E-state index in [1.807, 2.05) is 4.90 Å². The Bertz CT molecular complexity index is 1220. The molecule has 2 heterocycles. The van der Waals surface area contributed by atoms with Crippen molar-refractivity contribution < 1.29 is 14.3 Å². The van der Waals surface area contributed by atoms with Gasteiger partial charge in [0, 0.05) is 36.9 Å². The summed E-state index contributed by atoms with van der Waals surface area (Å²) in [6, 6.07) is 13.3. The Hall–Kier alpha value is -3.16. The lowest BCUT2D eigenvalue weighted by molar-refractivity contribution is -0.133. The first-order chi connectivity index (χ1) is 17.5. The Kier molecular flexibility index (Phi) is 6.86. The number of fused-ring (bicyclic) bond motifs is 2. The Morgan fingerprint density at radius 2 is 1.81 bits per heavy atom. The lowest BCUT2D eigenvalue weighted by Crippen LogP contribution is -2.58. The quantitative estimate of drug-likeness (QED) is 0.645. The van der Waals surface area contributed by atoms with E-state index in [4.69, 9.17) is 10.5 Å². The maximum atomic E-state index is 13.7. The maximum Gasteiger partial charge on any atom is 0.406 e. The molecule has 3 N–H and O–H groups in total. The molecule has 36 heavy (non-hydrogen) atoms. The molecule has 0 saturated carbocycles. The number of nitrogens with zero attached hydrogens (tertiary/aromatic N) is 2. The summed E-state index contributed by atoms with van der Waals surface area (Å²) in [7, 11) is 1.31. The fourth-order valence-electron chi connectivity index (χ4n) is 6.06. The van der Waals surface area contributed by atoms with E-state index in [0.29, 0.717) is 0 Å². The molecular weight excluding hydrogens is 452 g/mol. The van der Waals surface area contributed by atoms with Crippen molar-refractivity contribution in [1.82, 2.24) is 15.1 Å². The minimum absolute atomic E-state index is 0.0257. The van der Waals surface area contributed by atoms with Crippen LogP contribution in [0.3, 0.4) is 0 Å². The van der Waals surface area contributed by atoms with Crippen molar-refractivity contribution in [2.45, 2.75) is 57.2 Å². The van der Waals surface area contributed by atoms with Gasteiger partial charge in [0.05, 0.1) is 13.7 Å². The average molecular weight is 489 g/mol. The molecule has 7 nitrogen and oxygen atoms in total. The maximum absolute atomic E-state index is 13.7. The van der Waals surface area contributed by atoms with Crippen molar-refractivity contribution in [3.8, 4) is 0 Å². The zero-order valence-electron chi connectivity index (χ0n) is 21.3. The van der Waals surface area contributed by atoms with Gasteiger partial charge in [-0.3, -0.25) is 9.69 Å². The molecule has 1 unspecified atom stereocenters. The number of allylic oxidation sites excluding steroid dienone is 2. The number of rotatable bonds is 6. The van der Waals surface area contributed by atoms with Crippen molar-refractivity contribution in [3.63, 3.8) is 0 Å². The predicted molar refractivity (Wildman–Crippen MR) is 141 cm³/mol. The first-order valence-electron chi connectivity index (χ1n) is 13.0. The third kappa shape index (κ3) is 4.31. The van der Waals surface area contributed by atoms with E-state index in [0.717, 1.165) is 63.0 Å². The second kappa shape index (κ2) is 10.1. The van der Waals surface area contributed by atoms with Crippen molar-refractivity contribution in [3.05, 3.63) is 70.9 Å². The molecule has 2 aliphatic heterocycles. The van der Waals surface area contributed by atoms with Gasteiger partial charge in [-0.15, -0.1) is 0 Å². The molecule has 1 aliphatic carbocycles. The van der Waals surface area contributed by atoms with E-state index in [9.17, 15) is 9.59 Å². The van der Waals surface area contributed by atoms with Gasteiger partial charge in [-0.1, -0.05) is 55.5 Å². The molecule has 2 amide bonds. The van der Waals surface area contributed by atoms with Crippen LogP contribution in [0.4, 0.5) is 4.79 Å². The van der Waals surface area contributed by atoms with Gasteiger partial charge in [0.2, 0.25) is 0 Å². The number of alkyl carbamates (subject to hydrolysis) is 1. The molecule has 0 aromatic heterocycles. The molecule has 0 spiro atoms. The summed E-state index contributed by atoms with van der Waals surface area (Å²) in [5.41, 5.74) is 9.96. The zero-order chi connectivity index (χ0) is 25.3. The van der Waals surface area contributed by atoms with Crippen molar-refractivity contribution in [2.24, 2.45) is 5.73 Å². The van der Waals surface area contributed by atoms with Gasteiger partial charge in [-0.25, -0.2) is 4.79 Å². The second-order valence-corrected chi connectivity index (χ2v) is 10.1. The number of hydrogen-bond donors (Lipinski definition) is 2. The SMILES string of the molecule is CCc1cccc2cccc(CN3CCC(N4C(=O)C(N)(CNC(=O)OC)C5=CCCC=C54)CC3)c12. The first kappa shape index (κ1) is 24.5. The van der Waals surface area contributed by atoms with Gasteiger partial charge in [-0.05, 0) is 54.0 Å². The lowest BCUT2D eigenvalue weighted by Gasteiger charge is -2.38. The summed E-state index contributed by atoms with van der Waals surface area (Å²) >= 11 is 0. The number of hydrogen-bond acceptors (Lipinski definition) is 5. The number of nitrogens with two attached hydrogens (primary N) is 1. The highest BCUT2D eigenvalue weighted by Crippen LogP contribution is 2.41. The van der Waals surface area contributed by atoms with Gasteiger partial charge >= 0.3 is 6.09 Å². The van der Waals surface area contributed by atoms with Crippen molar-refractivity contribution in [1.29, 1.82) is 0 Å².